The predicted molar refractivity (Wildman–Crippen MR) is 86.7 cm³/mol. The van der Waals surface area contributed by atoms with Crippen LogP contribution in [0.3, 0.4) is 0 Å². The Morgan fingerprint density at radius 2 is 2.24 bits per heavy atom. The Labute approximate surface area is 142 Å². The first kappa shape index (κ1) is 15.5. The number of primary amides is 1. The fourth-order valence-electron chi connectivity index (χ4n) is 3.16. The maximum absolute atomic E-state index is 12.2. The summed E-state index contributed by atoms with van der Waals surface area (Å²) < 4.78 is 6.68. The van der Waals surface area contributed by atoms with Crippen molar-refractivity contribution < 1.29 is 9.32 Å². The molecule has 25 heavy (non-hydrogen) atoms. The molecule has 1 aliphatic heterocycles. The first-order valence-electron chi connectivity index (χ1n) is 7.96. The molecule has 9 nitrogen and oxygen atoms in total. The average Bonchev–Trinajstić information content (AvgIpc) is 3.24. The van der Waals surface area contributed by atoms with E-state index in [2.05, 4.69) is 20.0 Å². The SMILES string of the molecule is NC(=O)c1noc([C@@H]2CCCN2Cc2cc(=O)n3ccccc3n2)n1. The number of hydrogen-bond acceptors (Lipinski definition) is 7. The zero-order valence-electron chi connectivity index (χ0n) is 13.3. The molecule has 1 aliphatic rings. The van der Waals surface area contributed by atoms with Gasteiger partial charge in [0.15, 0.2) is 0 Å². The lowest BCUT2D eigenvalue weighted by Crippen LogP contribution is -2.25. The van der Waals surface area contributed by atoms with Crippen LogP contribution in [-0.2, 0) is 6.54 Å². The second-order valence-electron chi connectivity index (χ2n) is 5.96. The first-order valence-corrected chi connectivity index (χ1v) is 7.96. The molecule has 1 atom stereocenters. The van der Waals surface area contributed by atoms with Gasteiger partial charge in [0.1, 0.15) is 5.65 Å². The van der Waals surface area contributed by atoms with Crippen molar-refractivity contribution in [3.63, 3.8) is 0 Å². The Morgan fingerprint density at radius 3 is 3.04 bits per heavy atom. The molecule has 3 aromatic rings. The maximum atomic E-state index is 12.2. The van der Waals surface area contributed by atoms with Gasteiger partial charge in [0.25, 0.3) is 17.3 Å². The van der Waals surface area contributed by atoms with Gasteiger partial charge in [0, 0.05) is 18.8 Å². The van der Waals surface area contributed by atoms with Crippen LogP contribution in [0.1, 0.15) is 41.1 Å². The zero-order chi connectivity index (χ0) is 17.4. The third-order valence-electron chi connectivity index (χ3n) is 4.30. The summed E-state index contributed by atoms with van der Waals surface area (Å²) in [5.41, 5.74) is 6.33. The summed E-state index contributed by atoms with van der Waals surface area (Å²) in [6.07, 6.45) is 3.47. The van der Waals surface area contributed by atoms with E-state index in [0.29, 0.717) is 23.8 Å². The molecule has 1 fully saturated rings. The van der Waals surface area contributed by atoms with Gasteiger partial charge in [0.2, 0.25) is 5.89 Å². The summed E-state index contributed by atoms with van der Waals surface area (Å²) >= 11 is 0. The Bertz CT molecular complexity index is 995. The molecule has 0 aromatic carbocycles. The molecule has 0 aliphatic carbocycles. The van der Waals surface area contributed by atoms with E-state index < -0.39 is 5.91 Å². The molecule has 0 unspecified atom stereocenters. The van der Waals surface area contributed by atoms with Crippen molar-refractivity contribution in [3.05, 3.63) is 58.2 Å². The number of nitrogens with zero attached hydrogens (tertiary/aromatic N) is 5. The Kier molecular flexibility index (Phi) is 3.77. The van der Waals surface area contributed by atoms with Crippen LogP contribution in [0.2, 0.25) is 0 Å². The highest BCUT2D eigenvalue weighted by atomic mass is 16.5. The number of likely N-dealkylation sites (tertiary alicyclic amines) is 1. The van der Waals surface area contributed by atoms with E-state index in [-0.39, 0.29) is 17.4 Å². The van der Waals surface area contributed by atoms with Crippen molar-refractivity contribution in [1.82, 2.24) is 24.4 Å². The standard InChI is InChI=1S/C16H16N6O3/c17-14(24)15-19-16(25-20-15)11-4-3-6-21(11)9-10-8-13(23)22-7-2-1-5-12(22)18-10/h1-2,5,7-8,11H,3-4,6,9H2,(H2,17,24)/t11-/m0/s1. The molecule has 0 radical (unpaired) electrons. The number of fused-ring (bicyclic) bond motifs is 1. The third-order valence-corrected chi connectivity index (χ3v) is 4.30. The highest BCUT2D eigenvalue weighted by Gasteiger charge is 2.31. The second-order valence-corrected chi connectivity index (χ2v) is 5.96. The summed E-state index contributed by atoms with van der Waals surface area (Å²) in [5.74, 6) is -0.475. The van der Waals surface area contributed by atoms with Crippen LogP contribution in [0.25, 0.3) is 5.65 Å². The lowest BCUT2D eigenvalue weighted by molar-refractivity contribution is 0.0987. The Hall–Kier alpha value is -3.07. The van der Waals surface area contributed by atoms with Crippen LogP contribution in [0.4, 0.5) is 0 Å². The van der Waals surface area contributed by atoms with E-state index >= 15 is 0 Å². The van der Waals surface area contributed by atoms with Gasteiger partial charge in [-0.2, -0.15) is 4.98 Å². The Balaban J connectivity index is 1.61. The van der Waals surface area contributed by atoms with Crippen LogP contribution >= 0.6 is 0 Å². The predicted octanol–water partition coefficient (Wildman–Crippen LogP) is 0.513. The number of aromatic nitrogens is 4. The van der Waals surface area contributed by atoms with Crippen molar-refractivity contribution in [2.45, 2.75) is 25.4 Å². The number of carbonyl (C=O) groups is 1. The number of amides is 1. The van der Waals surface area contributed by atoms with Crippen molar-refractivity contribution in [2.24, 2.45) is 5.73 Å². The normalized spacial score (nSPS) is 18.0. The van der Waals surface area contributed by atoms with Gasteiger partial charge < -0.3 is 10.3 Å². The van der Waals surface area contributed by atoms with E-state index in [9.17, 15) is 9.59 Å². The number of hydrogen-bond donors (Lipinski definition) is 1. The molecule has 2 N–H and O–H groups in total. The summed E-state index contributed by atoms with van der Waals surface area (Å²) in [6, 6.07) is 6.84. The fraction of sp³-hybridized carbons (Fsp3) is 0.312. The minimum absolute atomic E-state index is 0.114. The van der Waals surface area contributed by atoms with Crippen LogP contribution in [-0.4, -0.2) is 36.9 Å². The molecule has 0 spiro atoms. The summed E-state index contributed by atoms with van der Waals surface area (Å²) in [6.45, 7) is 1.30. The summed E-state index contributed by atoms with van der Waals surface area (Å²) in [5, 5.41) is 3.60. The molecular weight excluding hydrogens is 324 g/mol. The molecule has 3 aromatic heterocycles. The van der Waals surface area contributed by atoms with Gasteiger partial charge in [0.05, 0.1) is 11.7 Å². The average molecular weight is 340 g/mol. The highest BCUT2D eigenvalue weighted by Crippen LogP contribution is 2.31. The second kappa shape index (κ2) is 6.10. The monoisotopic (exact) mass is 340 g/mol. The number of carbonyl (C=O) groups excluding carboxylic acids is 1. The van der Waals surface area contributed by atoms with Crippen molar-refractivity contribution in [2.75, 3.05) is 6.54 Å². The van der Waals surface area contributed by atoms with Gasteiger partial charge in [-0.25, -0.2) is 4.98 Å². The van der Waals surface area contributed by atoms with E-state index in [4.69, 9.17) is 10.3 Å². The summed E-state index contributed by atoms with van der Waals surface area (Å²) in [4.78, 5) is 34.1. The fourth-order valence-corrected chi connectivity index (χ4v) is 3.16. The lowest BCUT2D eigenvalue weighted by atomic mass is 10.2. The third kappa shape index (κ3) is 2.89. The molecule has 9 heteroatoms. The van der Waals surface area contributed by atoms with E-state index in [0.717, 1.165) is 19.4 Å². The van der Waals surface area contributed by atoms with Gasteiger partial charge in [-0.3, -0.25) is 18.9 Å². The van der Waals surface area contributed by atoms with E-state index in [1.54, 1.807) is 18.3 Å². The molecule has 4 rings (SSSR count). The molecule has 0 bridgehead atoms. The molecule has 1 amide bonds. The van der Waals surface area contributed by atoms with Crippen molar-refractivity contribution in [1.29, 1.82) is 0 Å². The Morgan fingerprint density at radius 1 is 1.36 bits per heavy atom. The van der Waals surface area contributed by atoms with Crippen LogP contribution < -0.4 is 11.3 Å². The van der Waals surface area contributed by atoms with Crippen molar-refractivity contribution >= 4 is 11.6 Å². The number of nitrogens with two attached hydrogens (primary N) is 1. The number of rotatable bonds is 4. The molecule has 0 saturated carbocycles. The largest absolute Gasteiger partial charge is 0.363 e. The van der Waals surface area contributed by atoms with Gasteiger partial charge >= 0.3 is 0 Å². The molecular formula is C16H16N6O3. The minimum atomic E-state index is -0.719. The number of pyridine rings is 1. The van der Waals surface area contributed by atoms with Gasteiger partial charge in [-0.1, -0.05) is 11.2 Å². The maximum Gasteiger partial charge on any atom is 0.290 e. The minimum Gasteiger partial charge on any atom is -0.363 e. The first-order chi connectivity index (χ1) is 12.1. The zero-order valence-corrected chi connectivity index (χ0v) is 13.3. The van der Waals surface area contributed by atoms with Crippen molar-refractivity contribution in [3.8, 4) is 0 Å². The summed E-state index contributed by atoms with van der Waals surface area (Å²) in [7, 11) is 0. The van der Waals surface area contributed by atoms with E-state index in [1.165, 1.54) is 10.5 Å². The topological polar surface area (TPSA) is 120 Å². The molecule has 128 valence electrons. The highest BCUT2D eigenvalue weighted by molar-refractivity contribution is 5.88. The van der Waals surface area contributed by atoms with Crippen LogP contribution in [0.15, 0.2) is 39.8 Å². The lowest BCUT2D eigenvalue weighted by Gasteiger charge is -2.20. The molecule has 4 heterocycles. The quantitative estimate of drug-likeness (QED) is 0.735. The molecule has 1 saturated heterocycles. The van der Waals surface area contributed by atoms with Gasteiger partial charge in [-0.05, 0) is 31.5 Å². The van der Waals surface area contributed by atoms with Crippen LogP contribution in [0, 0.1) is 0 Å². The van der Waals surface area contributed by atoms with Crippen LogP contribution in [0.5, 0.6) is 0 Å². The van der Waals surface area contributed by atoms with Gasteiger partial charge in [-0.15, -0.1) is 0 Å². The smallest absolute Gasteiger partial charge is 0.290 e. The van der Waals surface area contributed by atoms with E-state index in [1.807, 2.05) is 6.07 Å².